The summed E-state index contributed by atoms with van der Waals surface area (Å²) in [5, 5.41) is 2.90. The number of nitrogens with one attached hydrogen (secondary N) is 1. The molecule has 0 bridgehead atoms. The number of carbonyl (C=O) groups excluding carboxylic acids is 1. The van der Waals surface area contributed by atoms with Gasteiger partial charge >= 0.3 is 0 Å². The van der Waals surface area contributed by atoms with Crippen molar-refractivity contribution < 1.29 is 4.79 Å². The molecule has 4 heteroatoms. The van der Waals surface area contributed by atoms with Crippen LogP contribution in [0.15, 0.2) is 30.7 Å². The van der Waals surface area contributed by atoms with Crippen molar-refractivity contribution in [2.24, 2.45) is 0 Å². The molecule has 0 atom stereocenters. The summed E-state index contributed by atoms with van der Waals surface area (Å²) in [5.74, 6) is -0.0406. The summed E-state index contributed by atoms with van der Waals surface area (Å²) in [4.78, 5) is 15.9. The molecule has 0 radical (unpaired) electrons. The quantitative estimate of drug-likeness (QED) is 0.900. The number of imidazole rings is 1. The molecule has 94 valence electrons. The summed E-state index contributed by atoms with van der Waals surface area (Å²) in [7, 11) is 0. The van der Waals surface area contributed by atoms with Gasteiger partial charge in [0.2, 0.25) is 5.91 Å². The lowest BCUT2D eigenvalue weighted by atomic mass is 10.1. The van der Waals surface area contributed by atoms with Crippen molar-refractivity contribution in [3.05, 3.63) is 47.5 Å². The third-order valence-corrected chi connectivity index (χ3v) is 2.74. The Labute approximate surface area is 107 Å². The molecule has 4 nitrogen and oxygen atoms in total. The predicted octanol–water partition coefficient (Wildman–Crippen LogP) is 2.45. The SMILES string of the molecule is Cc1cc(C)cc(NC(=O)Cn2cncc2C)c1. The summed E-state index contributed by atoms with van der Waals surface area (Å²) in [6, 6.07) is 6.01. The van der Waals surface area contributed by atoms with E-state index in [4.69, 9.17) is 0 Å². The number of benzene rings is 1. The molecule has 1 N–H and O–H groups in total. The van der Waals surface area contributed by atoms with Gasteiger partial charge in [0.25, 0.3) is 0 Å². The molecule has 0 aliphatic rings. The molecule has 18 heavy (non-hydrogen) atoms. The smallest absolute Gasteiger partial charge is 0.244 e. The highest BCUT2D eigenvalue weighted by Crippen LogP contribution is 2.13. The zero-order valence-electron chi connectivity index (χ0n) is 10.9. The van der Waals surface area contributed by atoms with Crippen molar-refractivity contribution in [1.29, 1.82) is 0 Å². The Morgan fingerprint density at radius 1 is 1.22 bits per heavy atom. The number of rotatable bonds is 3. The molecule has 1 aromatic heterocycles. The van der Waals surface area contributed by atoms with E-state index in [0.29, 0.717) is 6.54 Å². The molecular formula is C14H17N3O. The maximum Gasteiger partial charge on any atom is 0.244 e. The van der Waals surface area contributed by atoms with Crippen LogP contribution in [0.25, 0.3) is 0 Å². The normalized spacial score (nSPS) is 10.4. The molecular weight excluding hydrogens is 226 g/mol. The number of nitrogens with zero attached hydrogens (tertiary/aromatic N) is 2. The van der Waals surface area contributed by atoms with Gasteiger partial charge in [-0.3, -0.25) is 4.79 Å². The number of aryl methyl sites for hydroxylation is 3. The molecule has 0 aliphatic heterocycles. The summed E-state index contributed by atoms with van der Waals surface area (Å²) in [6.07, 6.45) is 3.40. The lowest BCUT2D eigenvalue weighted by Gasteiger charge is -2.09. The predicted molar refractivity (Wildman–Crippen MR) is 71.5 cm³/mol. The lowest BCUT2D eigenvalue weighted by Crippen LogP contribution is -2.19. The van der Waals surface area contributed by atoms with Crippen LogP contribution < -0.4 is 5.32 Å². The first kappa shape index (κ1) is 12.4. The van der Waals surface area contributed by atoms with Crippen LogP contribution in [0.5, 0.6) is 0 Å². The van der Waals surface area contributed by atoms with Crippen LogP contribution in [0.3, 0.4) is 0 Å². The van der Waals surface area contributed by atoms with Gasteiger partial charge in [0, 0.05) is 17.6 Å². The molecule has 0 saturated heterocycles. The van der Waals surface area contributed by atoms with Crippen LogP contribution in [-0.4, -0.2) is 15.5 Å². The molecule has 0 aliphatic carbocycles. The van der Waals surface area contributed by atoms with Gasteiger partial charge < -0.3 is 9.88 Å². The zero-order valence-corrected chi connectivity index (χ0v) is 10.9. The van der Waals surface area contributed by atoms with Crippen LogP contribution in [0.2, 0.25) is 0 Å². The lowest BCUT2D eigenvalue weighted by molar-refractivity contribution is -0.116. The highest BCUT2D eigenvalue weighted by atomic mass is 16.1. The Morgan fingerprint density at radius 2 is 1.89 bits per heavy atom. The van der Waals surface area contributed by atoms with Crippen LogP contribution in [-0.2, 0) is 11.3 Å². The monoisotopic (exact) mass is 243 g/mol. The van der Waals surface area contributed by atoms with Gasteiger partial charge in [0.1, 0.15) is 6.54 Å². The van der Waals surface area contributed by atoms with Crippen LogP contribution in [0, 0.1) is 20.8 Å². The van der Waals surface area contributed by atoms with Gasteiger partial charge in [-0.25, -0.2) is 4.98 Å². The number of aromatic nitrogens is 2. The third-order valence-electron chi connectivity index (χ3n) is 2.74. The van der Waals surface area contributed by atoms with Crippen LogP contribution >= 0.6 is 0 Å². The van der Waals surface area contributed by atoms with E-state index in [-0.39, 0.29) is 5.91 Å². The average molecular weight is 243 g/mol. The maximum absolute atomic E-state index is 11.9. The summed E-state index contributed by atoms with van der Waals surface area (Å²) in [6.45, 7) is 6.25. The van der Waals surface area contributed by atoms with Crippen molar-refractivity contribution in [2.45, 2.75) is 27.3 Å². The summed E-state index contributed by atoms with van der Waals surface area (Å²) in [5.41, 5.74) is 4.11. The van der Waals surface area contributed by atoms with E-state index in [1.807, 2.05) is 37.5 Å². The van der Waals surface area contributed by atoms with Crippen LogP contribution in [0.1, 0.15) is 16.8 Å². The van der Waals surface area contributed by atoms with Crippen molar-refractivity contribution in [1.82, 2.24) is 9.55 Å². The van der Waals surface area contributed by atoms with Gasteiger partial charge in [-0.1, -0.05) is 6.07 Å². The largest absolute Gasteiger partial charge is 0.325 e. The Kier molecular flexibility index (Phi) is 3.46. The minimum absolute atomic E-state index is 0.0406. The van der Waals surface area contributed by atoms with Gasteiger partial charge in [0.15, 0.2) is 0 Å². The van der Waals surface area contributed by atoms with Crippen molar-refractivity contribution in [3.8, 4) is 0 Å². The zero-order chi connectivity index (χ0) is 13.1. The number of amides is 1. The first-order valence-corrected chi connectivity index (χ1v) is 5.89. The molecule has 0 unspecified atom stereocenters. The first-order chi connectivity index (χ1) is 8.54. The Morgan fingerprint density at radius 3 is 2.44 bits per heavy atom. The van der Waals surface area contributed by atoms with E-state index in [0.717, 1.165) is 22.5 Å². The fraction of sp³-hybridized carbons (Fsp3) is 0.286. The average Bonchev–Trinajstić information content (AvgIpc) is 2.62. The van der Waals surface area contributed by atoms with E-state index in [2.05, 4.69) is 16.4 Å². The van der Waals surface area contributed by atoms with E-state index in [1.165, 1.54) is 0 Å². The number of hydrogen-bond donors (Lipinski definition) is 1. The molecule has 2 rings (SSSR count). The van der Waals surface area contributed by atoms with Crippen LogP contribution in [0.4, 0.5) is 5.69 Å². The number of anilines is 1. The third kappa shape index (κ3) is 2.97. The molecule has 2 aromatic rings. The van der Waals surface area contributed by atoms with Gasteiger partial charge in [0.05, 0.1) is 6.33 Å². The van der Waals surface area contributed by atoms with E-state index >= 15 is 0 Å². The minimum atomic E-state index is -0.0406. The molecule has 1 amide bonds. The van der Waals surface area contributed by atoms with Crippen molar-refractivity contribution >= 4 is 11.6 Å². The Bertz CT molecular complexity index is 552. The Hall–Kier alpha value is -2.10. The minimum Gasteiger partial charge on any atom is -0.325 e. The molecule has 0 fully saturated rings. The maximum atomic E-state index is 11.9. The standard InChI is InChI=1S/C14H17N3O/c1-10-4-11(2)6-13(5-10)16-14(18)8-17-9-15-7-12(17)3/h4-7,9H,8H2,1-3H3,(H,16,18). The highest BCUT2D eigenvalue weighted by Gasteiger charge is 2.05. The van der Waals surface area contributed by atoms with Gasteiger partial charge in [-0.15, -0.1) is 0 Å². The highest BCUT2D eigenvalue weighted by molar-refractivity contribution is 5.90. The summed E-state index contributed by atoms with van der Waals surface area (Å²) >= 11 is 0. The fourth-order valence-electron chi connectivity index (χ4n) is 1.95. The Balaban J connectivity index is 2.05. The van der Waals surface area contributed by atoms with E-state index in [9.17, 15) is 4.79 Å². The molecule has 0 spiro atoms. The van der Waals surface area contributed by atoms with Crippen molar-refractivity contribution in [2.75, 3.05) is 5.32 Å². The molecule has 1 aromatic carbocycles. The van der Waals surface area contributed by atoms with Gasteiger partial charge in [-0.05, 0) is 44.0 Å². The fourth-order valence-corrected chi connectivity index (χ4v) is 1.95. The van der Waals surface area contributed by atoms with Crippen molar-refractivity contribution in [3.63, 3.8) is 0 Å². The summed E-state index contributed by atoms with van der Waals surface area (Å²) < 4.78 is 1.82. The second kappa shape index (κ2) is 5.04. The first-order valence-electron chi connectivity index (χ1n) is 5.89. The van der Waals surface area contributed by atoms with E-state index < -0.39 is 0 Å². The number of carbonyl (C=O) groups is 1. The van der Waals surface area contributed by atoms with E-state index in [1.54, 1.807) is 12.5 Å². The number of hydrogen-bond acceptors (Lipinski definition) is 2. The molecule has 0 saturated carbocycles. The molecule has 1 heterocycles. The second-order valence-electron chi connectivity index (χ2n) is 4.59. The second-order valence-corrected chi connectivity index (χ2v) is 4.59. The van der Waals surface area contributed by atoms with Gasteiger partial charge in [-0.2, -0.15) is 0 Å². The topological polar surface area (TPSA) is 46.9 Å².